The number of benzene rings is 2. The first kappa shape index (κ1) is 17.0. The highest BCUT2D eigenvalue weighted by atomic mass is 16.5. The van der Waals surface area contributed by atoms with Gasteiger partial charge in [0.1, 0.15) is 11.5 Å². The normalized spacial score (nSPS) is 12.7. The molecule has 0 aliphatic carbocycles. The van der Waals surface area contributed by atoms with Crippen molar-refractivity contribution in [1.29, 1.82) is 0 Å². The Hall–Kier alpha value is -2.33. The van der Waals surface area contributed by atoms with Crippen molar-refractivity contribution in [1.82, 2.24) is 4.90 Å². The third-order valence-corrected chi connectivity index (χ3v) is 3.83. The Morgan fingerprint density at radius 3 is 2.57 bits per heavy atom. The van der Waals surface area contributed by atoms with Crippen LogP contribution in [0.2, 0.25) is 0 Å². The SMILES string of the molecule is COc1ccc(O)c(C=NC[C@H](Cc2ccccc2)N(C)C)c1. The lowest BCUT2D eigenvalue weighted by molar-refractivity contribution is 0.298. The number of rotatable bonds is 7. The standard InChI is InChI=1S/C19H24N2O2/c1-21(2)17(11-15-7-5-4-6-8-15)14-20-13-16-12-18(23-3)9-10-19(16)22/h4-10,12-13,17,22H,11,14H2,1-3H3/t17-/m0/s1. The van der Waals surface area contributed by atoms with Crippen molar-refractivity contribution in [2.45, 2.75) is 12.5 Å². The lowest BCUT2D eigenvalue weighted by Crippen LogP contribution is -2.32. The van der Waals surface area contributed by atoms with Crippen molar-refractivity contribution < 1.29 is 9.84 Å². The summed E-state index contributed by atoms with van der Waals surface area (Å²) in [6, 6.07) is 15.8. The molecule has 23 heavy (non-hydrogen) atoms. The van der Waals surface area contributed by atoms with Crippen molar-refractivity contribution in [2.75, 3.05) is 27.7 Å². The highest BCUT2D eigenvalue weighted by molar-refractivity contribution is 5.84. The van der Waals surface area contributed by atoms with Crippen molar-refractivity contribution in [3.63, 3.8) is 0 Å². The van der Waals surface area contributed by atoms with Gasteiger partial charge in [-0.05, 0) is 44.3 Å². The number of likely N-dealkylation sites (N-methyl/N-ethyl adjacent to an activating group) is 1. The van der Waals surface area contributed by atoms with Gasteiger partial charge in [-0.25, -0.2) is 0 Å². The molecule has 0 fully saturated rings. The molecule has 0 saturated carbocycles. The summed E-state index contributed by atoms with van der Waals surface area (Å²) in [4.78, 5) is 6.69. The van der Waals surface area contributed by atoms with E-state index in [1.807, 2.05) is 6.07 Å². The molecular weight excluding hydrogens is 288 g/mol. The molecule has 0 heterocycles. The molecule has 0 radical (unpaired) electrons. The first-order chi connectivity index (χ1) is 11.1. The predicted octanol–water partition coefficient (Wildman–Crippen LogP) is 2.99. The van der Waals surface area contributed by atoms with Gasteiger partial charge in [0, 0.05) is 17.8 Å². The molecule has 0 aliphatic heterocycles. The van der Waals surface area contributed by atoms with E-state index in [4.69, 9.17) is 4.74 Å². The zero-order valence-electron chi connectivity index (χ0n) is 13.9. The Labute approximate surface area is 138 Å². The van der Waals surface area contributed by atoms with Gasteiger partial charge in [-0.2, -0.15) is 0 Å². The van der Waals surface area contributed by atoms with E-state index >= 15 is 0 Å². The molecule has 0 bridgehead atoms. The fourth-order valence-electron chi connectivity index (χ4n) is 2.33. The molecule has 4 nitrogen and oxygen atoms in total. The molecule has 1 atom stereocenters. The monoisotopic (exact) mass is 312 g/mol. The average Bonchev–Trinajstić information content (AvgIpc) is 2.56. The first-order valence-electron chi connectivity index (χ1n) is 7.67. The molecule has 2 aromatic rings. The minimum atomic E-state index is 0.207. The second kappa shape index (κ2) is 8.34. The second-order valence-electron chi connectivity index (χ2n) is 5.73. The minimum absolute atomic E-state index is 0.207. The first-order valence-corrected chi connectivity index (χ1v) is 7.67. The second-order valence-corrected chi connectivity index (χ2v) is 5.73. The molecule has 122 valence electrons. The molecule has 0 aliphatic rings. The molecule has 0 saturated heterocycles. The summed E-state index contributed by atoms with van der Waals surface area (Å²) in [6.07, 6.45) is 2.65. The van der Waals surface area contributed by atoms with Gasteiger partial charge in [0.15, 0.2) is 0 Å². The number of phenols is 1. The molecule has 0 aromatic heterocycles. The van der Waals surface area contributed by atoms with Crippen LogP contribution in [0.25, 0.3) is 0 Å². The van der Waals surface area contributed by atoms with Gasteiger partial charge in [0.05, 0.1) is 13.7 Å². The number of methoxy groups -OCH3 is 1. The van der Waals surface area contributed by atoms with Crippen LogP contribution in [0.4, 0.5) is 0 Å². The highest BCUT2D eigenvalue weighted by Gasteiger charge is 2.11. The summed E-state index contributed by atoms with van der Waals surface area (Å²) in [5.74, 6) is 0.914. The number of ether oxygens (including phenoxy) is 1. The van der Waals surface area contributed by atoms with E-state index in [-0.39, 0.29) is 5.75 Å². The number of hydrogen-bond donors (Lipinski definition) is 1. The van der Waals surface area contributed by atoms with Gasteiger partial charge in [0.2, 0.25) is 0 Å². The molecule has 0 unspecified atom stereocenters. The van der Waals surface area contributed by atoms with E-state index in [1.54, 1.807) is 31.5 Å². The van der Waals surface area contributed by atoms with Crippen LogP contribution in [0.1, 0.15) is 11.1 Å². The summed E-state index contributed by atoms with van der Waals surface area (Å²) in [7, 11) is 5.73. The molecule has 0 spiro atoms. The van der Waals surface area contributed by atoms with Crippen molar-refractivity contribution in [3.8, 4) is 11.5 Å². The van der Waals surface area contributed by atoms with E-state index in [9.17, 15) is 5.11 Å². The Morgan fingerprint density at radius 2 is 1.91 bits per heavy atom. The lowest BCUT2D eigenvalue weighted by Gasteiger charge is -2.22. The predicted molar refractivity (Wildman–Crippen MR) is 94.7 cm³/mol. The Bertz CT molecular complexity index is 639. The largest absolute Gasteiger partial charge is 0.507 e. The van der Waals surface area contributed by atoms with Gasteiger partial charge in [-0.15, -0.1) is 0 Å². The van der Waals surface area contributed by atoms with Gasteiger partial charge in [0.25, 0.3) is 0 Å². The Balaban J connectivity index is 2.04. The van der Waals surface area contributed by atoms with Crippen LogP contribution >= 0.6 is 0 Å². The van der Waals surface area contributed by atoms with Crippen LogP contribution in [0.3, 0.4) is 0 Å². The van der Waals surface area contributed by atoms with E-state index in [2.05, 4.69) is 48.3 Å². The maximum Gasteiger partial charge on any atom is 0.124 e. The minimum Gasteiger partial charge on any atom is -0.507 e. The van der Waals surface area contributed by atoms with E-state index < -0.39 is 0 Å². The number of hydrogen-bond acceptors (Lipinski definition) is 4. The average molecular weight is 312 g/mol. The maximum absolute atomic E-state index is 9.88. The van der Waals surface area contributed by atoms with Crippen LogP contribution in [-0.2, 0) is 6.42 Å². The zero-order chi connectivity index (χ0) is 16.7. The fourth-order valence-corrected chi connectivity index (χ4v) is 2.33. The van der Waals surface area contributed by atoms with E-state index in [0.717, 1.165) is 6.42 Å². The van der Waals surface area contributed by atoms with Crippen LogP contribution in [0.15, 0.2) is 53.5 Å². The Morgan fingerprint density at radius 1 is 1.17 bits per heavy atom. The summed E-state index contributed by atoms with van der Waals surface area (Å²) < 4.78 is 5.17. The van der Waals surface area contributed by atoms with Gasteiger partial charge in [-0.1, -0.05) is 30.3 Å². The summed E-state index contributed by atoms with van der Waals surface area (Å²) in [5, 5.41) is 9.88. The topological polar surface area (TPSA) is 45.1 Å². The van der Waals surface area contributed by atoms with Gasteiger partial charge < -0.3 is 14.7 Å². The van der Waals surface area contributed by atoms with Crippen LogP contribution in [0.5, 0.6) is 11.5 Å². The summed E-state index contributed by atoms with van der Waals surface area (Å²) in [6.45, 7) is 0.665. The van der Waals surface area contributed by atoms with Crippen molar-refractivity contribution in [2.24, 2.45) is 4.99 Å². The molecule has 0 amide bonds. The van der Waals surface area contributed by atoms with Crippen molar-refractivity contribution in [3.05, 3.63) is 59.7 Å². The van der Waals surface area contributed by atoms with Gasteiger partial charge >= 0.3 is 0 Å². The van der Waals surface area contributed by atoms with E-state index in [0.29, 0.717) is 23.9 Å². The molecule has 2 aromatic carbocycles. The van der Waals surface area contributed by atoms with Crippen LogP contribution < -0.4 is 4.74 Å². The lowest BCUT2D eigenvalue weighted by atomic mass is 10.1. The molecule has 2 rings (SSSR count). The van der Waals surface area contributed by atoms with Crippen molar-refractivity contribution >= 4 is 6.21 Å². The number of phenolic OH excluding ortho intramolecular Hbond substituents is 1. The maximum atomic E-state index is 9.88. The third kappa shape index (κ3) is 5.11. The molecular formula is C19H24N2O2. The summed E-state index contributed by atoms with van der Waals surface area (Å²) in [5.41, 5.74) is 1.96. The summed E-state index contributed by atoms with van der Waals surface area (Å²) >= 11 is 0. The van der Waals surface area contributed by atoms with Crippen LogP contribution in [0, 0.1) is 0 Å². The number of aliphatic imine (C=N–C) groups is 1. The number of aromatic hydroxyl groups is 1. The number of nitrogens with zero attached hydrogens (tertiary/aromatic N) is 2. The Kier molecular flexibility index (Phi) is 6.18. The fraction of sp³-hybridized carbons (Fsp3) is 0.316. The van der Waals surface area contributed by atoms with Crippen LogP contribution in [-0.4, -0.2) is 50.0 Å². The molecule has 1 N–H and O–H groups in total. The molecule has 4 heteroatoms. The quantitative estimate of drug-likeness (QED) is 0.799. The highest BCUT2D eigenvalue weighted by Crippen LogP contribution is 2.21. The smallest absolute Gasteiger partial charge is 0.124 e. The zero-order valence-corrected chi connectivity index (χ0v) is 13.9. The third-order valence-electron chi connectivity index (χ3n) is 3.83. The van der Waals surface area contributed by atoms with Gasteiger partial charge in [-0.3, -0.25) is 4.99 Å². The van der Waals surface area contributed by atoms with E-state index in [1.165, 1.54) is 5.56 Å².